The van der Waals surface area contributed by atoms with Crippen LogP contribution in [0, 0.1) is 6.92 Å². The van der Waals surface area contributed by atoms with Crippen molar-refractivity contribution in [2.24, 2.45) is 0 Å². The second-order valence-corrected chi connectivity index (χ2v) is 4.83. The van der Waals surface area contributed by atoms with Crippen molar-refractivity contribution in [1.82, 2.24) is 14.9 Å². The molecule has 1 saturated heterocycles. The summed E-state index contributed by atoms with van der Waals surface area (Å²) in [5.74, 6) is 1.91. The first-order valence-electron chi connectivity index (χ1n) is 6.83. The highest BCUT2D eigenvalue weighted by atomic mass is 16.3. The van der Waals surface area contributed by atoms with Crippen LogP contribution in [-0.4, -0.2) is 66.4 Å². The SMILES string of the molecule is CNc1ncnc(N2CCCN(CCO)CC2)c1C. The molecule has 2 heterocycles. The van der Waals surface area contributed by atoms with Gasteiger partial charge in [0.05, 0.1) is 6.61 Å². The molecule has 1 aliphatic heterocycles. The third-order valence-corrected chi connectivity index (χ3v) is 3.60. The largest absolute Gasteiger partial charge is 0.395 e. The molecule has 2 N–H and O–H groups in total. The Bertz CT molecular complexity index is 412. The summed E-state index contributed by atoms with van der Waals surface area (Å²) in [7, 11) is 1.88. The number of β-amino-alcohol motifs (C(OH)–C–C–N with tert-alkyl or cyclic N) is 1. The third-order valence-electron chi connectivity index (χ3n) is 3.60. The van der Waals surface area contributed by atoms with Crippen LogP contribution in [0.3, 0.4) is 0 Å². The highest BCUT2D eigenvalue weighted by Gasteiger charge is 2.18. The number of hydrogen-bond acceptors (Lipinski definition) is 6. The van der Waals surface area contributed by atoms with Crippen LogP contribution in [0.15, 0.2) is 6.33 Å². The van der Waals surface area contributed by atoms with Crippen molar-refractivity contribution in [3.63, 3.8) is 0 Å². The first-order valence-corrected chi connectivity index (χ1v) is 6.83. The molecule has 6 nitrogen and oxygen atoms in total. The molecule has 1 aromatic rings. The highest BCUT2D eigenvalue weighted by Crippen LogP contribution is 2.22. The fraction of sp³-hybridized carbons (Fsp3) is 0.692. The van der Waals surface area contributed by atoms with Crippen LogP contribution in [0.4, 0.5) is 11.6 Å². The summed E-state index contributed by atoms with van der Waals surface area (Å²) in [5.41, 5.74) is 1.10. The second-order valence-electron chi connectivity index (χ2n) is 4.83. The zero-order valence-electron chi connectivity index (χ0n) is 11.8. The van der Waals surface area contributed by atoms with Crippen LogP contribution in [0.25, 0.3) is 0 Å². The van der Waals surface area contributed by atoms with Gasteiger partial charge in [-0.05, 0) is 19.9 Å². The van der Waals surface area contributed by atoms with Crippen molar-refractivity contribution in [3.8, 4) is 0 Å². The minimum atomic E-state index is 0.233. The molecule has 1 aromatic heterocycles. The van der Waals surface area contributed by atoms with Crippen LogP contribution >= 0.6 is 0 Å². The number of nitrogens with zero attached hydrogens (tertiary/aromatic N) is 4. The van der Waals surface area contributed by atoms with E-state index in [1.807, 2.05) is 7.05 Å². The number of anilines is 2. The molecule has 0 aliphatic carbocycles. The van der Waals surface area contributed by atoms with Gasteiger partial charge < -0.3 is 15.3 Å². The fourth-order valence-corrected chi connectivity index (χ4v) is 2.56. The van der Waals surface area contributed by atoms with Gasteiger partial charge >= 0.3 is 0 Å². The summed E-state index contributed by atoms with van der Waals surface area (Å²) in [6.45, 7) is 7.01. The normalized spacial score (nSPS) is 17.3. The van der Waals surface area contributed by atoms with Gasteiger partial charge in [0.25, 0.3) is 0 Å². The zero-order valence-corrected chi connectivity index (χ0v) is 11.8. The lowest BCUT2D eigenvalue weighted by Crippen LogP contribution is -2.33. The monoisotopic (exact) mass is 265 g/mol. The second kappa shape index (κ2) is 6.68. The Morgan fingerprint density at radius 3 is 2.84 bits per heavy atom. The van der Waals surface area contributed by atoms with E-state index in [1.54, 1.807) is 6.33 Å². The average molecular weight is 265 g/mol. The van der Waals surface area contributed by atoms with E-state index in [4.69, 9.17) is 5.11 Å². The van der Waals surface area contributed by atoms with Gasteiger partial charge in [-0.1, -0.05) is 0 Å². The molecular weight excluding hydrogens is 242 g/mol. The molecule has 0 saturated carbocycles. The Balaban J connectivity index is 2.10. The van der Waals surface area contributed by atoms with E-state index < -0.39 is 0 Å². The Morgan fingerprint density at radius 2 is 2.11 bits per heavy atom. The first-order chi connectivity index (χ1) is 9.26. The summed E-state index contributed by atoms with van der Waals surface area (Å²) in [6, 6.07) is 0. The molecule has 1 fully saturated rings. The van der Waals surface area contributed by atoms with Crippen molar-refractivity contribution in [1.29, 1.82) is 0 Å². The number of rotatable bonds is 4. The Labute approximate surface area is 114 Å². The van der Waals surface area contributed by atoms with Crippen molar-refractivity contribution in [2.45, 2.75) is 13.3 Å². The van der Waals surface area contributed by atoms with Crippen LogP contribution in [0.2, 0.25) is 0 Å². The maximum atomic E-state index is 9.02. The number of hydrogen-bond donors (Lipinski definition) is 2. The Hall–Kier alpha value is -1.40. The summed E-state index contributed by atoms with van der Waals surface area (Å²) >= 11 is 0. The van der Waals surface area contributed by atoms with Gasteiger partial charge in [0, 0.05) is 38.8 Å². The van der Waals surface area contributed by atoms with Crippen molar-refractivity contribution in [3.05, 3.63) is 11.9 Å². The molecule has 0 bridgehead atoms. The molecule has 0 spiro atoms. The lowest BCUT2D eigenvalue weighted by molar-refractivity contribution is 0.204. The zero-order chi connectivity index (χ0) is 13.7. The molecule has 1 aliphatic rings. The predicted octanol–water partition coefficient (Wildman–Crippen LogP) is 0.331. The first kappa shape index (κ1) is 14.0. The smallest absolute Gasteiger partial charge is 0.137 e. The highest BCUT2D eigenvalue weighted by molar-refractivity contribution is 5.57. The molecular formula is C13H23N5O. The van der Waals surface area contributed by atoms with E-state index >= 15 is 0 Å². The molecule has 106 valence electrons. The summed E-state index contributed by atoms with van der Waals surface area (Å²) in [6.07, 6.45) is 2.71. The van der Waals surface area contributed by atoms with E-state index in [9.17, 15) is 0 Å². The fourth-order valence-electron chi connectivity index (χ4n) is 2.56. The predicted molar refractivity (Wildman–Crippen MR) is 76.7 cm³/mol. The molecule has 0 aromatic carbocycles. The maximum Gasteiger partial charge on any atom is 0.137 e. The molecule has 0 radical (unpaired) electrons. The van der Waals surface area contributed by atoms with Gasteiger partial charge in [-0.25, -0.2) is 9.97 Å². The Morgan fingerprint density at radius 1 is 1.26 bits per heavy atom. The third kappa shape index (κ3) is 3.33. The van der Waals surface area contributed by atoms with Crippen molar-refractivity contribution in [2.75, 3.05) is 56.6 Å². The molecule has 0 atom stereocenters. The van der Waals surface area contributed by atoms with E-state index in [0.717, 1.165) is 56.3 Å². The quantitative estimate of drug-likeness (QED) is 0.818. The molecule has 19 heavy (non-hydrogen) atoms. The van der Waals surface area contributed by atoms with E-state index in [0.29, 0.717) is 0 Å². The van der Waals surface area contributed by atoms with Gasteiger partial charge in [-0.2, -0.15) is 0 Å². The van der Waals surface area contributed by atoms with Crippen LogP contribution in [0.5, 0.6) is 0 Å². The van der Waals surface area contributed by atoms with Gasteiger partial charge in [-0.15, -0.1) is 0 Å². The van der Waals surface area contributed by atoms with Crippen LogP contribution in [0.1, 0.15) is 12.0 Å². The average Bonchev–Trinajstić information content (AvgIpc) is 2.65. The molecule has 0 amide bonds. The maximum absolute atomic E-state index is 9.02. The number of aliphatic hydroxyl groups excluding tert-OH is 1. The number of aromatic nitrogens is 2. The van der Waals surface area contributed by atoms with Crippen LogP contribution < -0.4 is 10.2 Å². The number of aliphatic hydroxyl groups is 1. The lowest BCUT2D eigenvalue weighted by atomic mass is 10.2. The summed E-state index contributed by atoms with van der Waals surface area (Å²) in [4.78, 5) is 13.3. The van der Waals surface area contributed by atoms with E-state index in [-0.39, 0.29) is 6.61 Å². The molecule has 6 heteroatoms. The van der Waals surface area contributed by atoms with E-state index in [1.165, 1.54) is 0 Å². The standard InChI is InChI=1S/C13H23N5O/c1-11-12(14-2)15-10-16-13(11)18-5-3-4-17(6-7-18)8-9-19/h10,19H,3-9H2,1-2H3,(H,14,15,16). The van der Waals surface area contributed by atoms with Gasteiger partial charge in [0.2, 0.25) is 0 Å². The van der Waals surface area contributed by atoms with Crippen molar-refractivity contribution >= 4 is 11.6 Å². The summed E-state index contributed by atoms with van der Waals surface area (Å²) in [5, 5.41) is 12.1. The minimum Gasteiger partial charge on any atom is -0.395 e. The van der Waals surface area contributed by atoms with Gasteiger partial charge in [0.15, 0.2) is 0 Å². The minimum absolute atomic E-state index is 0.233. The van der Waals surface area contributed by atoms with Crippen LogP contribution in [-0.2, 0) is 0 Å². The van der Waals surface area contributed by atoms with E-state index in [2.05, 4.69) is 32.0 Å². The van der Waals surface area contributed by atoms with Gasteiger partial charge in [0.1, 0.15) is 18.0 Å². The molecule has 2 rings (SSSR count). The lowest BCUT2D eigenvalue weighted by Gasteiger charge is -2.24. The topological polar surface area (TPSA) is 64.5 Å². The van der Waals surface area contributed by atoms with Gasteiger partial charge in [-0.3, -0.25) is 4.90 Å². The molecule has 0 unspecified atom stereocenters. The van der Waals surface area contributed by atoms with Crippen molar-refractivity contribution < 1.29 is 5.11 Å². The summed E-state index contributed by atoms with van der Waals surface area (Å²) < 4.78 is 0. The number of nitrogens with one attached hydrogen (secondary N) is 1. The Kier molecular flexibility index (Phi) is 4.93.